The molecule has 1 aliphatic rings. The smallest absolute Gasteiger partial charge is 0.0702 e. The van der Waals surface area contributed by atoms with Crippen molar-refractivity contribution in [1.82, 2.24) is 9.55 Å². The lowest BCUT2D eigenvalue weighted by atomic mass is 10.1. The number of nitrogens with two attached hydrogens (primary N) is 1. The van der Waals surface area contributed by atoms with Crippen LogP contribution in [0.4, 0.5) is 0 Å². The number of nitrogens with zero attached hydrogens (tertiary/aromatic N) is 2. The van der Waals surface area contributed by atoms with Gasteiger partial charge in [-0.05, 0) is 54.2 Å². The van der Waals surface area contributed by atoms with Gasteiger partial charge in [-0.25, -0.2) is 0 Å². The topological polar surface area (TPSA) is 43.8 Å². The number of fused-ring (bicyclic) bond motifs is 1. The van der Waals surface area contributed by atoms with E-state index in [1.807, 2.05) is 12.3 Å². The molecule has 1 saturated carbocycles. The van der Waals surface area contributed by atoms with Crippen molar-refractivity contribution in [3.8, 4) is 0 Å². The first-order chi connectivity index (χ1) is 10.3. The predicted octanol–water partition coefficient (Wildman–Crippen LogP) is 3.49. The van der Waals surface area contributed by atoms with Gasteiger partial charge >= 0.3 is 0 Å². The third kappa shape index (κ3) is 2.57. The molecule has 1 fully saturated rings. The first-order valence-corrected chi connectivity index (χ1v) is 7.54. The van der Waals surface area contributed by atoms with E-state index in [4.69, 9.17) is 5.73 Å². The zero-order chi connectivity index (χ0) is 14.2. The zero-order valence-electron chi connectivity index (χ0n) is 11.9. The van der Waals surface area contributed by atoms with Gasteiger partial charge in [0.2, 0.25) is 0 Å². The molecule has 1 aliphatic carbocycles. The maximum atomic E-state index is 6.26. The van der Waals surface area contributed by atoms with Crippen molar-refractivity contribution in [1.29, 1.82) is 0 Å². The van der Waals surface area contributed by atoms with Crippen LogP contribution in [0.3, 0.4) is 0 Å². The molecular formula is C18H19N3. The number of aromatic nitrogens is 2. The highest BCUT2D eigenvalue weighted by Crippen LogP contribution is 2.39. The first kappa shape index (κ1) is 12.6. The van der Waals surface area contributed by atoms with Gasteiger partial charge in [0.25, 0.3) is 0 Å². The third-order valence-corrected chi connectivity index (χ3v) is 4.32. The van der Waals surface area contributed by atoms with Crippen LogP contribution < -0.4 is 5.73 Å². The highest BCUT2D eigenvalue weighted by molar-refractivity contribution is 5.78. The van der Waals surface area contributed by atoms with E-state index >= 15 is 0 Å². The van der Waals surface area contributed by atoms with E-state index in [9.17, 15) is 0 Å². The lowest BCUT2D eigenvalue weighted by Crippen LogP contribution is -2.11. The summed E-state index contributed by atoms with van der Waals surface area (Å²) < 4.78 is 2.22. The van der Waals surface area contributed by atoms with Gasteiger partial charge < -0.3 is 10.3 Å². The molecule has 0 spiro atoms. The van der Waals surface area contributed by atoms with Crippen molar-refractivity contribution in [3.05, 3.63) is 66.1 Å². The molecule has 1 unspecified atom stereocenters. The molecule has 2 heterocycles. The summed E-state index contributed by atoms with van der Waals surface area (Å²) in [5.41, 5.74) is 9.86. The van der Waals surface area contributed by atoms with Gasteiger partial charge in [-0.2, -0.15) is 0 Å². The minimum atomic E-state index is 0.215. The number of pyridine rings is 1. The molecule has 106 valence electrons. The maximum absolute atomic E-state index is 6.26. The summed E-state index contributed by atoms with van der Waals surface area (Å²) in [5, 5.41) is 1.19. The van der Waals surface area contributed by atoms with Crippen LogP contribution in [-0.4, -0.2) is 9.55 Å². The van der Waals surface area contributed by atoms with Crippen LogP contribution in [0, 0.1) is 5.92 Å². The van der Waals surface area contributed by atoms with Gasteiger partial charge in [0.1, 0.15) is 0 Å². The van der Waals surface area contributed by atoms with E-state index in [1.165, 1.54) is 29.4 Å². The molecule has 0 amide bonds. The molecule has 3 heteroatoms. The van der Waals surface area contributed by atoms with Crippen molar-refractivity contribution in [2.75, 3.05) is 0 Å². The number of benzene rings is 1. The Kier molecular flexibility index (Phi) is 3.00. The lowest BCUT2D eigenvalue weighted by molar-refractivity contribution is 0.631. The molecule has 0 radical (unpaired) electrons. The average molecular weight is 277 g/mol. The summed E-state index contributed by atoms with van der Waals surface area (Å²) in [5.74, 6) is 0.701. The van der Waals surface area contributed by atoms with Crippen molar-refractivity contribution in [2.45, 2.75) is 25.4 Å². The number of hydrogen-bond acceptors (Lipinski definition) is 2. The van der Waals surface area contributed by atoms with E-state index in [1.54, 1.807) is 0 Å². The van der Waals surface area contributed by atoms with Crippen LogP contribution in [0.25, 0.3) is 10.9 Å². The Labute approximate surface area is 124 Å². The molecular weight excluding hydrogens is 258 g/mol. The Balaban J connectivity index is 1.56. The van der Waals surface area contributed by atoms with Crippen LogP contribution in [0.5, 0.6) is 0 Å². The fourth-order valence-electron chi connectivity index (χ4n) is 2.92. The Morgan fingerprint density at radius 2 is 2.14 bits per heavy atom. The van der Waals surface area contributed by atoms with Gasteiger partial charge in [0, 0.05) is 36.6 Å². The van der Waals surface area contributed by atoms with Crippen molar-refractivity contribution < 1.29 is 0 Å². The quantitative estimate of drug-likeness (QED) is 0.793. The molecule has 4 rings (SSSR count). The second-order valence-electron chi connectivity index (χ2n) is 6.01. The summed E-state index contributed by atoms with van der Waals surface area (Å²) in [6.45, 7) is 0.877. The maximum Gasteiger partial charge on any atom is 0.0702 e. The Hall–Kier alpha value is -2.13. The highest BCUT2D eigenvalue weighted by Gasteiger charge is 2.29. The highest BCUT2D eigenvalue weighted by atomic mass is 14.9. The van der Waals surface area contributed by atoms with Crippen LogP contribution in [-0.2, 0) is 6.54 Å². The van der Waals surface area contributed by atoms with Crippen LogP contribution in [0.2, 0.25) is 0 Å². The average Bonchev–Trinajstić information content (AvgIpc) is 3.26. The van der Waals surface area contributed by atoms with Crippen LogP contribution in [0.15, 0.2) is 55.0 Å². The largest absolute Gasteiger partial charge is 0.350 e. The normalized spacial score (nSPS) is 16.2. The molecule has 21 heavy (non-hydrogen) atoms. The summed E-state index contributed by atoms with van der Waals surface area (Å²) in [4.78, 5) is 4.36. The Morgan fingerprint density at radius 1 is 1.24 bits per heavy atom. The molecule has 0 bridgehead atoms. The number of rotatable bonds is 4. The van der Waals surface area contributed by atoms with Gasteiger partial charge in [0.15, 0.2) is 0 Å². The summed E-state index contributed by atoms with van der Waals surface area (Å²) in [6.07, 6.45) is 8.72. The van der Waals surface area contributed by atoms with Gasteiger partial charge in [-0.15, -0.1) is 0 Å². The number of hydrogen-bond donors (Lipinski definition) is 1. The minimum absolute atomic E-state index is 0.215. The summed E-state index contributed by atoms with van der Waals surface area (Å²) >= 11 is 0. The monoisotopic (exact) mass is 277 g/mol. The molecule has 1 aromatic carbocycles. The van der Waals surface area contributed by atoms with E-state index in [2.05, 4.69) is 52.3 Å². The van der Waals surface area contributed by atoms with Gasteiger partial charge in [0.05, 0.1) is 5.52 Å². The molecule has 0 aliphatic heterocycles. The van der Waals surface area contributed by atoms with Crippen molar-refractivity contribution in [3.63, 3.8) is 0 Å². The van der Waals surface area contributed by atoms with Crippen LogP contribution in [0.1, 0.15) is 30.0 Å². The molecule has 3 aromatic rings. The van der Waals surface area contributed by atoms with Gasteiger partial charge in [-0.3, -0.25) is 4.98 Å². The Bertz CT molecular complexity index is 771. The third-order valence-electron chi connectivity index (χ3n) is 4.32. The lowest BCUT2D eigenvalue weighted by Gasteiger charge is -2.08. The fraction of sp³-hybridized carbons (Fsp3) is 0.278. The second kappa shape index (κ2) is 5.01. The first-order valence-electron chi connectivity index (χ1n) is 7.54. The minimum Gasteiger partial charge on any atom is -0.350 e. The fourth-order valence-corrected chi connectivity index (χ4v) is 2.92. The van der Waals surface area contributed by atoms with Crippen molar-refractivity contribution in [2.24, 2.45) is 11.7 Å². The molecule has 2 N–H and O–H groups in total. The second-order valence-corrected chi connectivity index (χ2v) is 6.01. The van der Waals surface area contributed by atoms with Crippen LogP contribution >= 0.6 is 0 Å². The molecule has 3 nitrogen and oxygen atoms in total. The van der Waals surface area contributed by atoms with E-state index in [0.29, 0.717) is 5.92 Å². The molecule has 2 aromatic heterocycles. The summed E-state index contributed by atoms with van der Waals surface area (Å²) in [6, 6.07) is 12.9. The standard InChI is InChI=1S/C18H19N3/c19-18(14-4-5-14)16-7-9-21(12-16)11-13-3-6-17-15(10-13)2-1-8-20-17/h1-3,6-10,12,14,18H,4-5,11,19H2. The van der Waals surface area contributed by atoms with E-state index in [-0.39, 0.29) is 6.04 Å². The SMILES string of the molecule is NC(c1ccn(Cc2ccc3ncccc3c2)c1)C1CC1. The summed E-state index contributed by atoms with van der Waals surface area (Å²) in [7, 11) is 0. The molecule has 0 saturated heterocycles. The zero-order valence-corrected chi connectivity index (χ0v) is 11.9. The molecule has 1 atom stereocenters. The van der Waals surface area contributed by atoms with E-state index < -0.39 is 0 Å². The predicted molar refractivity (Wildman–Crippen MR) is 84.9 cm³/mol. The van der Waals surface area contributed by atoms with E-state index in [0.717, 1.165) is 12.1 Å². The Morgan fingerprint density at radius 3 is 3.00 bits per heavy atom. The van der Waals surface area contributed by atoms with Gasteiger partial charge in [-0.1, -0.05) is 12.1 Å². The van der Waals surface area contributed by atoms with Crippen molar-refractivity contribution >= 4 is 10.9 Å².